The van der Waals surface area contributed by atoms with E-state index >= 15 is 0 Å². The first kappa shape index (κ1) is 12.8. The van der Waals surface area contributed by atoms with Crippen molar-refractivity contribution in [1.29, 1.82) is 0 Å². The van der Waals surface area contributed by atoms with E-state index in [1.807, 2.05) is 18.2 Å². The summed E-state index contributed by atoms with van der Waals surface area (Å²) in [6.07, 6.45) is 0.734. The van der Waals surface area contributed by atoms with Crippen molar-refractivity contribution in [3.8, 4) is 11.5 Å². The van der Waals surface area contributed by atoms with Crippen LogP contribution < -0.4 is 9.57 Å². The van der Waals surface area contributed by atoms with E-state index in [0.717, 1.165) is 6.29 Å². The summed E-state index contributed by atoms with van der Waals surface area (Å²) in [4.78, 5) is 15.8. The van der Waals surface area contributed by atoms with Crippen molar-refractivity contribution in [2.45, 2.75) is 0 Å². The highest BCUT2D eigenvalue weighted by Crippen LogP contribution is 2.28. The molecule has 5 nitrogen and oxygen atoms in total. The summed E-state index contributed by atoms with van der Waals surface area (Å²) in [7, 11) is 1.49. The summed E-state index contributed by atoms with van der Waals surface area (Å²) in [5.74, 6) is 0.824. The molecule has 0 fully saturated rings. The lowest BCUT2D eigenvalue weighted by Gasteiger charge is -2.05. The van der Waals surface area contributed by atoms with E-state index in [2.05, 4.69) is 10.4 Å². The van der Waals surface area contributed by atoms with Gasteiger partial charge in [-0.05, 0) is 30.3 Å². The van der Waals surface area contributed by atoms with Crippen LogP contribution in [0.1, 0.15) is 10.4 Å². The number of hydrogen-bond donors (Lipinski definition) is 0. The van der Waals surface area contributed by atoms with Gasteiger partial charge < -0.3 is 9.57 Å². The molecule has 0 unspecified atom stereocenters. The molecule has 5 heteroatoms. The summed E-state index contributed by atoms with van der Waals surface area (Å²) in [5, 5.41) is 7.53. The molecule has 19 heavy (non-hydrogen) atoms. The van der Waals surface area contributed by atoms with Gasteiger partial charge in [-0.3, -0.25) is 4.79 Å². The Labute approximate surface area is 110 Å². The number of carbonyl (C=O) groups is 1. The topological polar surface area (TPSA) is 60.2 Å². The van der Waals surface area contributed by atoms with E-state index in [1.165, 1.54) is 7.11 Å². The van der Waals surface area contributed by atoms with Crippen molar-refractivity contribution >= 4 is 12.0 Å². The Morgan fingerprint density at radius 1 is 1.05 bits per heavy atom. The van der Waals surface area contributed by atoms with Gasteiger partial charge in [0.25, 0.3) is 0 Å². The van der Waals surface area contributed by atoms with E-state index in [-0.39, 0.29) is 0 Å². The number of benzene rings is 2. The second-order valence-electron chi connectivity index (χ2n) is 3.64. The lowest BCUT2D eigenvalue weighted by atomic mass is 10.2. The quantitative estimate of drug-likeness (QED) is 0.466. The smallest absolute Gasteiger partial charge is 0.201 e. The predicted octanol–water partition coefficient (Wildman–Crippen LogP) is 3.59. The van der Waals surface area contributed by atoms with Gasteiger partial charge in [0.05, 0.1) is 12.8 Å². The molecule has 0 spiro atoms. The molecule has 0 aliphatic rings. The lowest BCUT2D eigenvalue weighted by Crippen LogP contribution is -1.91. The molecule has 0 amide bonds. The summed E-state index contributed by atoms with van der Waals surface area (Å²) in [6.45, 7) is 0. The van der Waals surface area contributed by atoms with E-state index in [0.29, 0.717) is 22.7 Å². The highest BCUT2D eigenvalue weighted by molar-refractivity contribution is 5.76. The molecule has 0 saturated carbocycles. The van der Waals surface area contributed by atoms with Crippen LogP contribution in [0.3, 0.4) is 0 Å². The highest BCUT2D eigenvalue weighted by Gasteiger charge is 2.05. The first-order chi connectivity index (χ1) is 9.33. The molecule has 0 bridgehead atoms. The average Bonchev–Trinajstić information content (AvgIpc) is 2.48. The average molecular weight is 256 g/mol. The van der Waals surface area contributed by atoms with Crippen LogP contribution in [0.2, 0.25) is 0 Å². The van der Waals surface area contributed by atoms with E-state index in [1.54, 1.807) is 30.3 Å². The summed E-state index contributed by atoms with van der Waals surface area (Å²) in [5.41, 5.74) is 1.19. The second-order valence-corrected chi connectivity index (χ2v) is 3.64. The number of rotatable bonds is 5. The van der Waals surface area contributed by atoms with Gasteiger partial charge in [-0.1, -0.05) is 18.2 Å². The molecule has 0 aliphatic heterocycles. The minimum atomic E-state index is 0.396. The Morgan fingerprint density at radius 3 is 2.53 bits per heavy atom. The third-order valence-electron chi connectivity index (χ3n) is 2.38. The largest absolute Gasteiger partial charge is 0.493 e. The molecule has 2 aromatic rings. The maximum Gasteiger partial charge on any atom is 0.201 e. The maximum atomic E-state index is 10.6. The standard InChI is InChI=1S/C14H12N2O3/c1-18-14-9-11(10-17)7-8-13(14)19-16-15-12-5-3-2-4-6-12/h2-10H,1H3. The maximum absolute atomic E-state index is 10.6. The van der Waals surface area contributed by atoms with Crippen LogP contribution in [0, 0.1) is 0 Å². The first-order valence-corrected chi connectivity index (χ1v) is 5.60. The van der Waals surface area contributed by atoms with Crippen LogP contribution in [-0.4, -0.2) is 13.4 Å². The Balaban J connectivity index is 2.11. The zero-order valence-corrected chi connectivity index (χ0v) is 10.3. The third kappa shape index (κ3) is 3.38. The van der Waals surface area contributed by atoms with Crippen molar-refractivity contribution in [3.05, 3.63) is 54.1 Å². The van der Waals surface area contributed by atoms with Crippen LogP contribution in [-0.2, 0) is 0 Å². The number of hydrogen-bond acceptors (Lipinski definition) is 5. The molecule has 0 aromatic heterocycles. The van der Waals surface area contributed by atoms with Gasteiger partial charge in [0.15, 0.2) is 5.75 Å². The van der Waals surface area contributed by atoms with Crippen LogP contribution in [0.15, 0.2) is 58.9 Å². The zero-order chi connectivity index (χ0) is 13.5. The normalized spacial score (nSPS) is 10.4. The van der Waals surface area contributed by atoms with Crippen LogP contribution in [0.4, 0.5) is 5.69 Å². The molecule has 2 rings (SSSR count). The Morgan fingerprint density at radius 2 is 1.84 bits per heavy atom. The van der Waals surface area contributed by atoms with Crippen molar-refractivity contribution < 1.29 is 14.4 Å². The molecular formula is C14H12N2O3. The fourth-order valence-corrected chi connectivity index (χ4v) is 1.44. The minimum absolute atomic E-state index is 0.396. The Hall–Kier alpha value is -2.69. The number of aldehydes is 1. The van der Waals surface area contributed by atoms with Gasteiger partial charge in [0.1, 0.15) is 6.29 Å². The SMILES string of the molecule is COc1cc(C=O)ccc1ON=Nc1ccccc1. The molecule has 0 radical (unpaired) electrons. The van der Waals surface area contributed by atoms with E-state index < -0.39 is 0 Å². The Bertz CT molecular complexity index is 582. The van der Waals surface area contributed by atoms with Gasteiger partial charge >= 0.3 is 0 Å². The minimum Gasteiger partial charge on any atom is -0.493 e. The van der Waals surface area contributed by atoms with Crippen molar-refractivity contribution in [1.82, 2.24) is 0 Å². The molecule has 0 saturated heterocycles. The zero-order valence-electron chi connectivity index (χ0n) is 10.3. The third-order valence-corrected chi connectivity index (χ3v) is 2.38. The molecule has 2 aromatic carbocycles. The van der Waals surface area contributed by atoms with Gasteiger partial charge in [-0.2, -0.15) is 0 Å². The molecular weight excluding hydrogens is 244 g/mol. The predicted molar refractivity (Wildman–Crippen MR) is 70.0 cm³/mol. The summed E-state index contributed by atoms with van der Waals surface area (Å²) < 4.78 is 5.11. The molecule has 0 heterocycles. The fourth-order valence-electron chi connectivity index (χ4n) is 1.44. The van der Waals surface area contributed by atoms with Crippen molar-refractivity contribution in [3.63, 3.8) is 0 Å². The first-order valence-electron chi connectivity index (χ1n) is 5.60. The highest BCUT2D eigenvalue weighted by atomic mass is 16.7. The monoisotopic (exact) mass is 256 g/mol. The summed E-state index contributed by atoms with van der Waals surface area (Å²) in [6, 6.07) is 14.0. The molecule has 96 valence electrons. The van der Waals surface area contributed by atoms with E-state index in [9.17, 15) is 4.79 Å². The van der Waals surface area contributed by atoms with Gasteiger partial charge in [-0.15, -0.1) is 5.11 Å². The van der Waals surface area contributed by atoms with Gasteiger partial charge in [0, 0.05) is 10.8 Å². The second kappa shape index (κ2) is 6.30. The Kier molecular flexibility index (Phi) is 4.23. The van der Waals surface area contributed by atoms with Crippen LogP contribution in [0.25, 0.3) is 0 Å². The lowest BCUT2D eigenvalue weighted by molar-refractivity contribution is 0.112. The van der Waals surface area contributed by atoms with Crippen LogP contribution in [0.5, 0.6) is 11.5 Å². The molecule has 0 atom stereocenters. The summed E-state index contributed by atoms with van der Waals surface area (Å²) >= 11 is 0. The van der Waals surface area contributed by atoms with Crippen molar-refractivity contribution in [2.75, 3.05) is 7.11 Å². The van der Waals surface area contributed by atoms with E-state index in [4.69, 9.17) is 9.57 Å². The molecule has 0 N–H and O–H groups in total. The van der Waals surface area contributed by atoms with Crippen molar-refractivity contribution in [2.24, 2.45) is 10.4 Å². The number of methoxy groups -OCH3 is 1. The number of ether oxygens (including phenoxy) is 1. The molecule has 0 aliphatic carbocycles. The van der Waals surface area contributed by atoms with Crippen LogP contribution >= 0.6 is 0 Å². The fraction of sp³-hybridized carbons (Fsp3) is 0.0714. The van der Waals surface area contributed by atoms with Gasteiger partial charge in [-0.25, -0.2) is 0 Å². The number of carbonyl (C=O) groups excluding carboxylic acids is 1. The number of nitrogens with zero attached hydrogens (tertiary/aromatic N) is 2. The van der Waals surface area contributed by atoms with Gasteiger partial charge in [0.2, 0.25) is 5.75 Å².